The second-order valence-electron chi connectivity index (χ2n) is 10.7. The number of nitrogens with zero attached hydrogens (tertiary/aromatic N) is 3. The van der Waals surface area contributed by atoms with E-state index in [1.165, 1.54) is 17.6 Å². The van der Waals surface area contributed by atoms with Gasteiger partial charge in [-0.15, -0.1) is 0 Å². The topological polar surface area (TPSA) is 125 Å². The van der Waals surface area contributed by atoms with Crippen LogP contribution in [0.2, 0.25) is 10.0 Å². The number of hydrogen-bond acceptors (Lipinski definition) is 6. The molecule has 1 aliphatic rings. The van der Waals surface area contributed by atoms with E-state index in [0.29, 0.717) is 44.5 Å². The predicted molar refractivity (Wildman–Crippen MR) is 175 cm³/mol. The van der Waals surface area contributed by atoms with E-state index in [0.717, 1.165) is 5.56 Å². The maximum Gasteiger partial charge on any atom is 0.419 e. The van der Waals surface area contributed by atoms with E-state index in [9.17, 15) is 19.2 Å². The number of fused-ring (bicyclic) bond motifs is 1. The van der Waals surface area contributed by atoms with Crippen LogP contribution in [0.4, 0.5) is 11.6 Å². The zero-order valence-corrected chi connectivity index (χ0v) is 26.6. The fourth-order valence-corrected chi connectivity index (χ4v) is 5.45. The third-order valence-corrected chi connectivity index (χ3v) is 8.31. The number of nitrogens with one attached hydrogen (secondary N) is 3. The minimum Gasteiger partial charge on any atom is -0.355 e. The third kappa shape index (κ3) is 6.67. The molecule has 45 heavy (non-hydrogen) atoms. The molecule has 0 unspecified atom stereocenters. The lowest BCUT2D eigenvalue weighted by Crippen LogP contribution is -2.38. The maximum atomic E-state index is 14.2. The maximum absolute atomic E-state index is 14.2. The predicted octanol–water partition coefficient (Wildman–Crippen LogP) is 5.40. The Hall–Kier alpha value is -4.80. The van der Waals surface area contributed by atoms with Gasteiger partial charge < -0.3 is 16.0 Å². The molecule has 3 aromatic carbocycles. The van der Waals surface area contributed by atoms with Crippen LogP contribution in [0.15, 0.2) is 71.5 Å². The Labute approximate surface area is 269 Å². The standard InChI is InChI=1S/C33H30Cl2N6O4/c1-18-15-26-29(17-40(18)31(44)23-9-14-27(34)28(35)16-23)39-33(37-19(2)21-5-7-22(8-6-21)30(43)36-4)41(32(26)45)25-12-10-24(11-13-25)38-20(3)42/h5-14,16,19H,15,17H2,1-4H3,(H2-,36,37,38,39,42,43,45)/p+1/t19-/m1/s1. The Morgan fingerprint density at radius 3 is 2.24 bits per heavy atom. The number of halogens is 2. The van der Waals surface area contributed by atoms with Crippen LogP contribution in [0.25, 0.3) is 5.69 Å². The first-order valence-electron chi connectivity index (χ1n) is 14.2. The van der Waals surface area contributed by atoms with E-state index in [4.69, 9.17) is 28.2 Å². The van der Waals surface area contributed by atoms with Crippen molar-refractivity contribution < 1.29 is 19.0 Å². The van der Waals surface area contributed by atoms with Crippen molar-refractivity contribution in [2.75, 3.05) is 17.7 Å². The van der Waals surface area contributed by atoms with Crippen LogP contribution in [0.3, 0.4) is 0 Å². The van der Waals surface area contributed by atoms with Crippen molar-refractivity contribution >= 4 is 58.3 Å². The lowest BCUT2D eigenvalue weighted by atomic mass is 10.0. The van der Waals surface area contributed by atoms with Gasteiger partial charge in [0, 0.05) is 32.1 Å². The summed E-state index contributed by atoms with van der Waals surface area (Å²) in [6.07, 6.45) is 0.217. The van der Waals surface area contributed by atoms with Crippen LogP contribution in [0.5, 0.6) is 0 Å². The fraction of sp³-hybridized carbons (Fsp3) is 0.212. The van der Waals surface area contributed by atoms with E-state index < -0.39 is 0 Å². The first-order chi connectivity index (χ1) is 21.5. The minimum atomic E-state index is -0.315. The molecule has 0 saturated carbocycles. The van der Waals surface area contributed by atoms with E-state index in [2.05, 4.69) is 16.0 Å². The molecular weight excluding hydrogens is 615 g/mol. The number of carbonyl (C=O) groups excluding carboxylic acids is 3. The SMILES string of the molecule is CNC(=O)c1ccc([C@@H](C)Nc2nc3c(c(=O)n2-c2ccc(NC(C)=O)cc2)CC(C)=[N+](C(=O)c2ccc(Cl)c(Cl)c2)C3)cc1. The molecule has 2 heterocycles. The summed E-state index contributed by atoms with van der Waals surface area (Å²) in [6, 6.07) is 18.4. The van der Waals surface area contributed by atoms with E-state index in [1.54, 1.807) is 67.1 Å². The number of aromatic nitrogens is 2. The van der Waals surface area contributed by atoms with Gasteiger partial charge in [-0.25, -0.2) is 14.3 Å². The van der Waals surface area contributed by atoms with Crippen molar-refractivity contribution in [1.82, 2.24) is 14.9 Å². The molecule has 5 rings (SSSR count). The molecule has 0 fully saturated rings. The van der Waals surface area contributed by atoms with Crippen LogP contribution in [0, 0.1) is 0 Å². The molecule has 4 aromatic rings. The molecule has 0 bridgehead atoms. The van der Waals surface area contributed by atoms with Gasteiger partial charge >= 0.3 is 5.91 Å². The highest BCUT2D eigenvalue weighted by Gasteiger charge is 2.33. The molecule has 12 heteroatoms. The minimum absolute atomic E-state index is 0.0850. The van der Waals surface area contributed by atoms with Crippen molar-refractivity contribution in [3.05, 3.63) is 115 Å². The van der Waals surface area contributed by atoms with Gasteiger partial charge in [-0.2, -0.15) is 4.58 Å². The number of benzene rings is 3. The van der Waals surface area contributed by atoms with Gasteiger partial charge in [0.1, 0.15) is 5.69 Å². The summed E-state index contributed by atoms with van der Waals surface area (Å²) in [5.41, 5.74) is 4.24. The Balaban J connectivity index is 1.56. The molecule has 1 aromatic heterocycles. The first-order valence-corrected chi connectivity index (χ1v) is 14.9. The molecule has 10 nitrogen and oxygen atoms in total. The summed E-state index contributed by atoms with van der Waals surface area (Å²) in [5.74, 6) is -0.409. The quantitative estimate of drug-likeness (QED) is 0.231. The van der Waals surface area contributed by atoms with E-state index in [-0.39, 0.29) is 53.3 Å². The highest BCUT2D eigenvalue weighted by molar-refractivity contribution is 6.42. The van der Waals surface area contributed by atoms with Crippen LogP contribution in [-0.2, 0) is 17.8 Å². The molecule has 3 N–H and O–H groups in total. The highest BCUT2D eigenvalue weighted by Crippen LogP contribution is 2.26. The lowest BCUT2D eigenvalue weighted by Gasteiger charge is -2.22. The first kappa shape index (κ1) is 31.6. The lowest BCUT2D eigenvalue weighted by molar-refractivity contribution is -0.450. The molecule has 230 valence electrons. The van der Waals surface area contributed by atoms with Crippen LogP contribution in [-0.4, -0.2) is 44.6 Å². The second-order valence-corrected chi connectivity index (χ2v) is 11.5. The summed E-state index contributed by atoms with van der Waals surface area (Å²) < 4.78 is 3.08. The van der Waals surface area contributed by atoms with Gasteiger partial charge in [-0.1, -0.05) is 35.3 Å². The Bertz CT molecular complexity index is 1920. The molecule has 0 saturated heterocycles. The molecule has 0 radical (unpaired) electrons. The Morgan fingerprint density at radius 1 is 0.956 bits per heavy atom. The number of amides is 3. The smallest absolute Gasteiger partial charge is 0.355 e. The summed E-state index contributed by atoms with van der Waals surface area (Å²) in [6.45, 7) is 5.23. The monoisotopic (exact) mass is 645 g/mol. The van der Waals surface area contributed by atoms with Gasteiger partial charge in [-0.05, 0) is 67.1 Å². The van der Waals surface area contributed by atoms with Crippen molar-refractivity contribution in [2.45, 2.75) is 39.8 Å². The van der Waals surface area contributed by atoms with Crippen LogP contribution >= 0.6 is 23.2 Å². The van der Waals surface area contributed by atoms with Crippen LogP contribution in [0.1, 0.15) is 64.3 Å². The second kappa shape index (κ2) is 13.1. The summed E-state index contributed by atoms with van der Waals surface area (Å²) in [5, 5.41) is 9.32. The van der Waals surface area contributed by atoms with Gasteiger partial charge in [0.2, 0.25) is 11.9 Å². The summed E-state index contributed by atoms with van der Waals surface area (Å²) >= 11 is 12.2. The average molecular weight is 647 g/mol. The molecule has 0 spiro atoms. The normalized spacial score (nSPS) is 13.1. The fourth-order valence-electron chi connectivity index (χ4n) is 5.15. The number of hydrogen-bond donors (Lipinski definition) is 3. The van der Waals surface area contributed by atoms with Crippen molar-refractivity contribution in [3.63, 3.8) is 0 Å². The van der Waals surface area contributed by atoms with Crippen molar-refractivity contribution in [2.24, 2.45) is 0 Å². The molecular formula is C33H31Cl2N6O4+. The number of rotatable bonds is 7. The Morgan fingerprint density at radius 2 is 1.62 bits per heavy atom. The van der Waals surface area contributed by atoms with Gasteiger partial charge in [0.25, 0.3) is 11.5 Å². The largest absolute Gasteiger partial charge is 0.419 e. The number of anilines is 2. The van der Waals surface area contributed by atoms with Gasteiger partial charge in [0.05, 0.1) is 39.3 Å². The molecule has 1 atom stereocenters. The van der Waals surface area contributed by atoms with Crippen molar-refractivity contribution in [3.8, 4) is 5.69 Å². The van der Waals surface area contributed by atoms with Crippen LogP contribution < -0.4 is 21.5 Å². The molecule has 1 aliphatic heterocycles. The zero-order chi connectivity index (χ0) is 32.4. The average Bonchev–Trinajstić information content (AvgIpc) is 3.02. The highest BCUT2D eigenvalue weighted by atomic mass is 35.5. The van der Waals surface area contributed by atoms with E-state index in [1.807, 2.05) is 19.1 Å². The zero-order valence-electron chi connectivity index (χ0n) is 25.1. The summed E-state index contributed by atoms with van der Waals surface area (Å²) in [7, 11) is 1.57. The third-order valence-electron chi connectivity index (χ3n) is 7.57. The van der Waals surface area contributed by atoms with Gasteiger partial charge in [-0.3, -0.25) is 14.4 Å². The number of carbonyl (C=O) groups is 3. The Kier molecular flexibility index (Phi) is 9.17. The van der Waals surface area contributed by atoms with Crippen molar-refractivity contribution in [1.29, 1.82) is 0 Å². The molecule has 3 amide bonds. The van der Waals surface area contributed by atoms with Gasteiger partial charge in [0.15, 0.2) is 12.3 Å². The van der Waals surface area contributed by atoms with E-state index >= 15 is 0 Å². The summed E-state index contributed by atoms with van der Waals surface area (Å²) in [4.78, 5) is 56.2. The molecule has 0 aliphatic carbocycles.